The van der Waals surface area contributed by atoms with Crippen LogP contribution in [-0.4, -0.2) is 29.9 Å². The Morgan fingerprint density at radius 3 is 2.42 bits per heavy atom. The first-order valence-electron chi connectivity index (χ1n) is 7.23. The Hall–Kier alpha value is -3.22. The van der Waals surface area contributed by atoms with E-state index in [1.54, 1.807) is 30.5 Å². The maximum atomic E-state index is 11.8. The second kappa shape index (κ2) is 8.42. The number of aromatic nitrogens is 1. The highest BCUT2D eigenvalue weighted by molar-refractivity contribution is 6.03. The summed E-state index contributed by atoms with van der Waals surface area (Å²) in [5, 5.41) is 5.21. The van der Waals surface area contributed by atoms with Gasteiger partial charge in [0.2, 0.25) is 11.8 Å². The van der Waals surface area contributed by atoms with Crippen LogP contribution in [0.2, 0.25) is 0 Å². The van der Waals surface area contributed by atoms with Crippen LogP contribution in [0, 0.1) is 0 Å². The van der Waals surface area contributed by atoms with Gasteiger partial charge in [0.05, 0.1) is 24.9 Å². The molecule has 7 nitrogen and oxygen atoms in total. The molecule has 2 amide bonds. The van der Waals surface area contributed by atoms with Crippen LogP contribution in [0.4, 0.5) is 5.69 Å². The molecule has 0 spiro atoms. The van der Waals surface area contributed by atoms with Gasteiger partial charge in [-0.25, -0.2) is 4.79 Å². The van der Waals surface area contributed by atoms with Gasteiger partial charge in [-0.15, -0.1) is 0 Å². The zero-order valence-corrected chi connectivity index (χ0v) is 13.1. The number of benzene rings is 1. The number of esters is 1. The first kappa shape index (κ1) is 17.1. The molecular formula is C17H17N3O4. The van der Waals surface area contributed by atoms with Crippen LogP contribution < -0.4 is 10.6 Å². The Bertz CT molecular complexity index is 714. The molecule has 0 radical (unpaired) electrons. The number of hydrogen-bond acceptors (Lipinski definition) is 5. The summed E-state index contributed by atoms with van der Waals surface area (Å²) < 4.78 is 4.59. The Labute approximate surface area is 139 Å². The van der Waals surface area contributed by atoms with Gasteiger partial charge < -0.3 is 15.4 Å². The Morgan fingerprint density at radius 2 is 1.79 bits per heavy atom. The minimum Gasteiger partial charge on any atom is -0.465 e. The minimum absolute atomic E-state index is 0.265. The van der Waals surface area contributed by atoms with Gasteiger partial charge in [0.15, 0.2) is 0 Å². The molecule has 0 saturated carbocycles. The highest BCUT2D eigenvalue weighted by Gasteiger charge is 2.10. The number of ether oxygens (including phenoxy) is 1. The number of hydrogen-bond donors (Lipinski definition) is 2. The molecule has 0 saturated heterocycles. The lowest BCUT2D eigenvalue weighted by molar-refractivity contribution is -0.126. The number of methoxy groups -OCH3 is 1. The Kier molecular flexibility index (Phi) is 6.01. The fraction of sp³-hybridized carbons (Fsp3) is 0.176. The van der Waals surface area contributed by atoms with Crippen molar-refractivity contribution in [3.8, 4) is 0 Å². The van der Waals surface area contributed by atoms with Crippen molar-refractivity contribution in [3.05, 3.63) is 59.9 Å². The number of rotatable bonds is 6. The van der Waals surface area contributed by atoms with E-state index in [0.29, 0.717) is 16.9 Å². The molecular weight excluding hydrogens is 310 g/mol. The van der Waals surface area contributed by atoms with E-state index >= 15 is 0 Å². The van der Waals surface area contributed by atoms with E-state index in [0.717, 1.165) is 0 Å². The fourth-order valence-corrected chi connectivity index (χ4v) is 1.91. The number of nitrogens with zero attached hydrogens (tertiary/aromatic N) is 1. The maximum absolute atomic E-state index is 11.8. The molecule has 1 heterocycles. The summed E-state index contributed by atoms with van der Waals surface area (Å²) in [5.41, 5.74) is 1.58. The van der Waals surface area contributed by atoms with E-state index in [4.69, 9.17) is 0 Å². The molecule has 0 unspecified atom stereocenters. The molecule has 0 aliphatic rings. The first-order chi connectivity index (χ1) is 11.6. The molecule has 1 aromatic carbocycles. The summed E-state index contributed by atoms with van der Waals surface area (Å²) in [5.74, 6) is -1.30. The smallest absolute Gasteiger partial charge is 0.337 e. The predicted octanol–water partition coefficient (Wildman–Crippen LogP) is 1.51. The van der Waals surface area contributed by atoms with Crippen molar-refractivity contribution in [3.63, 3.8) is 0 Å². The van der Waals surface area contributed by atoms with Crippen molar-refractivity contribution in [1.29, 1.82) is 0 Å². The van der Waals surface area contributed by atoms with E-state index in [1.165, 1.54) is 19.2 Å². The van der Waals surface area contributed by atoms with Gasteiger partial charge in [-0.2, -0.15) is 0 Å². The Balaban J connectivity index is 1.80. The molecule has 7 heteroatoms. The molecule has 0 atom stereocenters. The van der Waals surface area contributed by atoms with Crippen LogP contribution in [0.1, 0.15) is 22.5 Å². The van der Waals surface area contributed by atoms with Gasteiger partial charge in [-0.05, 0) is 36.4 Å². The van der Waals surface area contributed by atoms with Crippen LogP contribution in [0.5, 0.6) is 0 Å². The van der Waals surface area contributed by atoms with Gasteiger partial charge in [0, 0.05) is 11.9 Å². The third kappa shape index (κ3) is 5.20. The summed E-state index contributed by atoms with van der Waals surface area (Å²) in [7, 11) is 1.29. The second-order valence-electron chi connectivity index (χ2n) is 4.89. The molecule has 2 rings (SSSR count). The molecule has 124 valence electrons. The largest absolute Gasteiger partial charge is 0.465 e. The normalized spacial score (nSPS) is 9.88. The van der Waals surface area contributed by atoms with Crippen molar-refractivity contribution in [2.75, 3.05) is 12.4 Å². The number of nitrogens with one attached hydrogen (secondary N) is 2. The standard InChI is InChI=1S/C17H17N3O4/c1-24-17(23)12-5-7-13(8-6-12)20-16(22)10-15(21)19-11-14-4-2-3-9-18-14/h2-9H,10-11H2,1H3,(H,19,21)(H,20,22). The SMILES string of the molecule is COC(=O)c1ccc(NC(=O)CC(=O)NCc2ccccn2)cc1. The molecule has 24 heavy (non-hydrogen) atoms. The molecule has 0 aliphatic carbocycles. The van der Waals surface area contributed by atoms with Gasteiger partial charge >= 0.3 is 5.97 Å². The van der Waals surface area contributed by atoms with E-state index in [1.807, 2.05) is 6.07 Å². The second-order valence-corrected chi connectivity index (χ2v) is 4.89. The predicted molar refractivity (Wildman–Crippen MR) is 87.1 cm³/mol. The third-order valence-corrected chi connectivity index (χ3v) is 3.10. The minimum atomic E-state index is -0.457. The molecule has 0 aliphatic heterocycles. The number of anilines is 1. The highest BCUT2D eigenvalue weighted by Crippen LogP contribution is 2.10. The van der Waals surface area contributed by atoms with Crippen LogP contribution in [0.3, 0.4) is 0 Å². The summed E-state index contributed by atoms with van der Waals surface area (Å²) >= 11 is 0. The lowest BCUT2D eigenvalue weighted by atomic mass is 10.2. The van der Waals surface area contributed by atoms with E-state index in [9.17, 15) is 14.4 Å². The maximum Gasteiger partial charge on any atom is 0.337 e. The first-order valence-corrected chi connectivity index (χ1v) is 7.23. The zero-order valence-electron chi connectivity index (χ0n) is 13.1. The molecule has 1 aromatic heterocycles. The van der Waals surface area contributed by atoms with Gasteiger partial charge in [0.25, 0.3) is 0 Å². The van der Waals surface area contributed by atoms with Crippen LogP contribution >= 0.6 is 0 Å². The van der Waals surface area contributed by atoms with E-state index in [2.05, 4.69) is 20.4 Å². The van der Waals surface area contributed by atoms with Crippen LogP contribution in [-0.2, 0) is 20.9 Å². The highest BCUT2D eigenvalue weighted by atomic mass is 16.5. The summed E-state index contributed by atoms with van der Waals surface area (Å²) in [6.45, 7) is 0.265. The van der Waals surface area contributed by atoms with Crippen molar-refractivity contribution in [1.82, 2.24) is 10.3 Å². The van der Waals surface area contributed by atoms with Crippen molar-refractivity contribution < 1.29 is 19.1 Å². The van der Waals surface area contributed by atoms with Gasteiger partial charge in [-0.1, -0.05) is 6.07 Å². The van der Waals surface area contributed by atoms with Gasteiger partial charge in [-0.3, -0.25) is 14.6 Å². The number of carbonyl (C=O) groups is 3. The van der Waals surface area contributed by atoms with Crippen LogP contribution in [0.25, 0.3) is 0 Å². The number of pyridine rings is 1. The summed E-state index contributed by atoms with van der Waals surface area (Å²) in [4.78, 5) is 39.0. The van der Waals surface area contributed by atoms with Crippen LogP contribution in [0.15, 0.2) is 48.7 Å². The molecule has 2 aromatic rings. The summed E-state index contributed by atoms with van der Waals surface area (Å²) in [6, 6.07) is 11.6. The van der Waals surface area contributed by atoms with E-state index in [-0.39, 0.29) is 13.0 Å². The lowest BCUT2D eigenvalue weighted by Gasteiger charge is -2.07. The number of carbonyl (C=O) groups excluding carboxylic acids is 3. The quantitative estimate of drug-likeness (QED) is 0.619. The average Bonchev–Trinajstić information content (AvgIpc) is 2.60. The number of amides is 2. The zero-order chi connectivity index (χ0) is 17.4. The van der Waals surface area contributed by atoms with Crippen molar-refractivity contribution in [2.45, 2.75) is 13.0 Å². The van der Waals surface area contributed by atoms with Crippen molar-refractivity contribution >= 4 is 23.5 Å². The molecule has 2 N–H and O–H groups in total. The third-order valence-electron chi connectivity index (χ3n) is 3.10. The van der Waals surface area contributed by atoms with Gasteiger partial charge in [0.1, 0.15) is 6.42 Å². The lowest BCUT2D eigenvalue weighted by Crippen LogP contribution is -2.28. The molecule has 0 bridgehead atoms. The summed E-state index contributed by atoms with van der Waals surface area (Å²) in [6.07, 6.45) is 1.33. The topological polar surface area (TPSA) is 97.4 Å². The monoisotopic (exact) mass is 327 g/mol. The molecule has 0 fully saturated rings. The van der Waals surface area contributed by atoms with Crippen molar-refractivity contribution in [2.24, 2.45) is 0 Å². The van der Waals surface area contributed by atoms with E-state index < -0.39 is 17.8 Å². The Morgan fingerprint density at radius 1 is 1.04 bits per heavy atom. The fourth-order valence-electron chi connectivity index (χ4n) is 1.91. The average molecular weight is 327 g/mol.